The highest BCUT2D eigenvalue weighted by Gasteiger charge is 2.23. The summed E-state index contributed by atoms with van der Waals surface area (Å²) < 4.78 is 0. The van der Waals surface area contributed by atoms with Crippen molar-refractivity contribution in [1.82, 2.24) is 9.80 Å². The summed E-state index contributed by atoms with van der Waals surface area (Å²) >= 11 is 0. The van der Waals surface area contributed by atoms with E-state index in [4.69, 9.17) is 10.2 Å². The van der Waals surface area contributed by atoms with Gasteiger partial charge in [-0.3, -0.25) is 19.4 Å². The van der Waals surface area contributed by atoms with E-state index in [0.29, 0.717) is 19.6 Å². The van der Waals surface area contributed by atoms with Gasteiger partial charge in [0.15, 0.2) is 0 Å². The fraction of sp³-hybridized carbons (Fsp3) is 0.600. The lowest BCUT2D eigenvalue weighted by Gasteiger charge is -2.22. The standard InChI is InChI=1S/C10H16N2O4/c13-7-5-11(6-8-14)3-4-12-9(15)1-2-10(12)16/h1-2,13-14H,3-8H2. The van der Waals surface area contributed by atoms with Crippen LogP contribution in [0, 0.1) is 0 Å². The zero-order valence-corrected chi connectivity index (χ0v) is 9.00. The third-order valence-electron chi connectivity index (χ3n) is 2.37. The van der Waals surface area contributed by atoms with Gasteiger partial charge in [-0.25, -0.2) is 0 Å². The van der Waals surface area contributed by atoms with E-state index in [1.54, 1.807) is 4.90 Å². The maximum Gasteiger partial charge on any atom is 0.253 e. The summed E-state index contributed by atoms with van der Waals surface area (Å²) in [5.41, 5.74) is 0. The molecular weight excluding hydrogens is 212 g/mol. The Labute approximate surface area is 93.8 Å². The van der Waals surface area contributed by atoms with E-state index >= 15 is 0 Å². The monoisotopic (exact) mass is 228 g/mol. The highest BCUT2D eigenvalue weighted by molar-refractivity contribution is 6.12. The number of amides is 2. The van der Waals surface area contributed by atoms with Crippen molar-refractivity contribution in [3.63, 3.8) is 0 Å². The fourth-order valence-corrected chi connectivity index (χ4v) is 1.51. The van der Waals surface area contributed by atoms with Crippen molar-refractivity contribution < 1.29 is 19.8 Å². The maximum atomic E-state index is 11.2. The van der Waals surface area contributed by atoms with Gasteiger partial charge in [0.2, 0.25) is 0 Å². The lowest BCUT2D eigenvalue weighted by atomic mass is 10.4. The van der Waals surface area contributed by atoms with Crippen LogP contribution in [-0.4, -0.2) is 71.2 Å². The molecule has 0 aliphatic carbocycles. The molecule has 0 aromatic heterocycles. The number of carbonyl (C=O) groups excluding carboxylic acids is 2. The zero-order chi connectivity index (χ0) is 12.0. The van der Waals surface area contributed by atoms with Crippen LogP contribution in [0.5, 0.6) is 0 Å². The van der Waals surface area contributed by atoms with Gasteiger partial charge in [-0.15, -0.1) is 0 Å². The first-order chi connectivity index (χ1) is 7.69. The Balaban J connectivity index is 2.36. The third kappa shape index (κ3) is 3.41. The summed E-state index contributed by atoms with van der Waals surface area (Å²) in [6.07, 6.45) is 2.48. The number of imide groups is 1. The summed E-state index contributed by atoms with van der Waals surface area (Å²) in [7, 11) is 0. The molecule has 16 heavy (non-hydrogen) atoms. The van der Waals surface area contributed by atoms with Gasteiger partial charge >= 0.3 is 0 Å². The first kappa shape index (κ1) is 12.8. The number of hydrogen-bond acceptors (Lipinski definition) is 5. The van der Waals surface area contributed by atoms with Gasteiger partial charge < -0.3 is 10.2 Å². The van der Waals surface area contributed by atoms with Crippen molar-refractivity contribution >= 4 is 11.8 Å². The second-order valence-electron chi connectivity index (χ2n) is 3.45. The Morgan fingerprint density at radius 3 is 1.94 bits per heavy atom. The molecule has 1 rings (SSSR count). The van der Waals surface area contributed by atoms with Crippen LogP contribution in [0.3, 0.4) is 0 Å². The van der Waals surface area contributed by atoms with Crippen molar-refractivity contribution in [2.24, 2.45) is 0 Å². The summed E-state index contributed by atoms with van der Waals surface area (Å²) in [6.45, 7) is 1.56. The van der Waals surface area contributed by atoms with Gasteiger partial charge in [0.05, 0.1) is 13.2 Å². The molecule has 0 unspecified atom stereocenters. The molecule has 0 radical (unpaired) electrons. The number of aliphatic hydroxyl groups is 2. The Hall–Kier alpha value is -1.24. The minimum atomic E-state index is -0.307. The van der Waals surface area contributed by atoms with Crippen LogP contribution in [0.2, 0.25) is 0 Å². The molecule has 0 atom stereocenters. The van der Waals surface area contributed by atoms with Gasteiger partial charge in [0.25, 0.3) is 11.8 Å². The second-order valence-corrected chi connectivity index (χ2v) is 3.45. The van der Waals surface area contributed by atoms with E-state index in [-0.39, 0.29) is 31.6 Å². The van der Waals surface area contributed by atoms with E-state index in [1.807, 2.05) is 0 Å². The van der Waals surface area contributed by atoms with Crippen LogP contribution in [0.4, 0.5) is 0 Å². The number of hydrogen-bond donors (Lipinski definition) is 2. The average molecular weight is 228 g/mol. The predicted octanol–water partition coefficient (Wildman–Crippen LogP) is -1.80. The lowest BCUT2D eigenvalue weighted by Crippen LogP contribution is -2.40. The minimum Gasteiger partial charge on any atom is -0.395 e. The van der Waals surface area contributed by atoms with E-state index in [2.05, 4.69) is 0 Å². The van der Waals surface area contributed by atoms with Crippen molar-refractivity contribution in [3.8, 4) is 0 Å². The van der Waals surface area contributed by atoms with Crippen molar-refractivity contribution in [2.75, 3.05) is 39.4 Å². The normalized spacial score (nSPS) is 15.6. The molecule has 0 saturated heterocycles. The van der Waals surface area contributed by atoms with E-state index in [9.17, 15) is 9.59 Å². The minimum absolute atomic E-state index is 0.0137. The molecule has 1 aliphatic rings. The molecule has 0 fully saturated rings. The molecule has 0 bridgehead atoms. The largest absolute Gasteiger partial charge is 0.395 e. The molecule has 0 saturated carbocycles. The highest BCUT2D eigenvalue weighted by atomic mass is 16.3. The lowest BCUT2D eigenvalue weighted by molar-refractivity contribution is -0.137. The smallest absolute Gasteiger partial charge is 0.253 e. The molecule has 0 aromatic rings. The SMILES string of the molecule is O=C1C=CC(=O)N1CCN(CCO)CCO. The maximum absolute atomic E-state index is 11.2. The summed E-state index contributed by atoms with van der Waals surface area (Å²) in [5, 5.41) is 17.6. The van der Waals surface area contributed by atoms with Crippen molar-refractivity contribution in [3.05, 3.63) is 12.2 Å². The quantitative estimate of drug-likeness (QED) is 0.502. The molecule has 1 heterocycles. The van der Waals surface area contributed by atoms with Gasteiger partial charge in [-0.1, -0.05) is 0 Å². The fourth-order valence-electron chi connectivity index (χ4n) is 1.51. The first-order valence-electron chi connectivity index (χ1n) is 5.16. The van der Waals surface area contributed by atoms with Crippen LogP contribution >= 0.6 is 0 Å². The predicted molar refractivity (Wildman–Crippen MR) is 56.5 cm³/mol. The summed E-state index contributed by atoms with van der Waals surface area (Å²) in [4.78, 5) is 25.4. The van der Waals surface area contributed by atoms with Crippen LogP contribution < -0.4 is 0 Å². The summed E-state index contributed by atoms with van der Waals surface area (Å²) in [5.74, 6) is -0.615. The van der Waals surface area contributed by atoms with Gasteiger partial charge in [-0.05, 0) is 0 Å². The molecule has 90 valence electrons. The number of rotatable bonds is 7. The molecule has 0 spiro atoms. The third-order valence-corrected chi connectivity index (χ3v) is 2.37. The van der Waals surface area contributed by atoms with Crippen LogP contribution in [0.25, 0.3) is 0 Å². The zero-order valence-electron chi connectivity index (χ0n) is 9.00. The van der Waals surface area contributed by atoms with Gasteiger partial charge in [-0.2, -0.15) is 0 Å². The number of aliphatic hydroxyl groups excluding tert-OH is 2. The molecule has 6 heteroatoms. The van der Waals surface area contributed by atoms with Gasteiger partial charge in [0.1, 0.15) is 0 Å². The van der Waals surface area contributed by atoms with Crippen LogP contribution in [-0.2, 0) is 9.59 Å². The van der Waals surface area contributed by atoms with Crippen LogP contribution in [0.1, 0.15) is 0 Å². The van der Waals surface area contributed by atoms with Crippen LogP contribution in [0.15, 0.2) is 12.2 Å². The Kier molecular flexibility index (Phi) is 5.10. The topological polar surface area (TPSA) is 81.1 Å². The molecule has 1 aliphatic heterocycles. The van der Waals surface area contributed by atoms with E-state index < -0.39 is 0 Å². The second kappa shape index (κ2) is 6.37. The van der Waals surface area contributed by atoms with Gasteiger partial charge in [0, 0.05) is 38.3 Å². The average Bonchev–Trinajstić information content (AvgIpc) is 2.56. The van der Waals surface area contributed by atoms with E-state index in [1.165, 1.54) is 12.2 Å². The van der Waals surface area contributed by atoms with E-state index in [0.717, 1.165) is 4.90 Å². The molecule has 2 amide bonds. The molecule has 2 N–H and O–H groups in total. The Bertz CT molecular complexity index is 267. The number of carbonyl (C=O) groups is 2. The Morgan fingerprint density at radius 2 is 1.50 bits per heavy atom. The number of nitrogens with zero attached hydrogens (tertiary/aromatic N) is 2. The molecule has 6 nitrogen and oxygen atoms in total. The summed E-state index contributed by atoms with van der Waals surface area (Å²) in [6, 6.07) is 0. The molecular formula is C10H16N2O4. The van der Waals surface area contributed by atoms with Crippen molar-refractivity contribution in [1.29, 1.82) is 0 Å². The van der Waals surface area contributed by atoms with Crippen molar-refractivity contribution in [2.45, 2.75) is 0 Å². The Morgan fingerprint density at radius 1 is 1.00 bits per heavy atom. The first-order valence-corrected chi connectivity index (χ1v) is 5.16. The highest BCUT2D eigenvalue weighted by Crippen LogP contribution is 2.03. The molecule has 0 aromatic carbocycles.